The van der Waals surface area contributed by atoms with Crippen LogP contribution in [0.4, 0.5) is 22.1 Å². The number of unbranched alkanes of at least 4 members (excludes halogenated alkanes) is 1. The van der Waals surface area contributed by atoms with Crippen molar-refractivity contribution in [3.63, 3.8) is 0 Å². The van der Waals surface area contributed by atoms with Crippen molar-refractivity contribution in [3.05, 3.63) is 155 Å². The number of alkyl carbamates (subject to hydrolysis) is 1. The van der Waals surface area contributed by atoms with Gasteiger partial charge in [0.05, 0.1) is 55.1 Å². The molecular formula is C70H94N14O13. The number of rotatable bonds is 35. The molecule has 1 fully saturated rings. The van der Waals surface area contributed by atoms with Gasteiger partial charge < -0.3 is 72.9 Å². The minimum atomic E-state index is -1.30. The highest BCUT2D eigenvalue weighted by Gasteiger charge is 2.37. The van der Waals surface area contributed by atoms with Crippen LogP contribution in [0.2, 0.25) is 0 Å². The molecule has 2 aromatic heterocycles. The zero-order valence-electron chi connectivity index (χ0n) is 56.1. The van der Waals surface area contributed by atoms with E-state index in [0.29, 0.717) is 72.5 Å². The molecule has 15 N–H and O–H groups in total. The van der Waals surface area contributed by atoms with E-state index in [9.17, 15) is 48.9 Å². The summed E-state index contributed by atoms with van der Waals surface area (Å²) in [5, 5.41) is 49.3. The second-order valence-electron chi connectivity index (χ2n) is 24.5. The first kappa shape index (κ1) is 76.0. The highest BCUT2D eigenvalue weighted by atomic mass is 16.6. The van der Waals surface area contributed by atoms with E-state index in [1.54, 1.807) is 55.5 Å². The van der Waals surface area contributed by atoms with Gasteiger partial charge in [0.25, 0.3) is 11.8 Å². The number of benzene rings is 2. The highest BCUT2D eigenvalue weighted by molar-refractivity contribution is 5.95. The molecule has 2 aromatic carbocycles. The molecule has 6 rings (SSSR count). The Bertz CT molecular complexity index is 3560. The quantitative estimate of drug-likeness (QED) is 0.00538. The number of hydrogen-bond donors (Lipinski definition) is 12. The summed E-state index contributed by atoms with van der Waals surface area (Å²) in [5.74, 6) is 2.67. The Hall–Kier alpha value is -9.99. The maximum atomic E-state index is 13.3. The first-order chi connectivity index (χ1) is 46.3. The fraction of sp³-hybridized carbons (Fsp3) is 0.443. The van der Waals surface area contributed by atoms with Crippen LogP contribution in [0.15, 0.2) is 139 Å². The molecular weight excluding hydrogens is 1240 g/mol. The molecule has 0 bridgehead atoms. The number of carbonyl (C=O) groups excluding carboxylic acids is 6. The zero-order chi connectivity index (χ0) is 70.6. The van der Waals surface area contributed by atoms with Gasteiger partial charge in [0.15, 0.2) is 11.2 Å². The number of aliphatic carboxylic acids is 1. The number of cyclic esters (lactones) is 1. The Kier molecular flexibility index (Phi) is 30.2. The second-order valence-corrected chi connectivity index (χ2v) is 24.5. The third-order valence-electron chi connectivity index (χ3n) is 16.0. The predicted molar refractivity (Wildman–Crippen MR) is 368 cm³/mol. The third kappa shape index (κ3) is 26.3. The molecule has 4 heterocycles. The van der Waals surface area contributed by atoms with Crippen molar-refractivity contribution >= 4 is 70.1 Å². The number of carbonyl (C=O) groups is 7. The second kappa shape index (κ2) is 38.5. The normalized spacial score (nSPS) is 19.2. The summed E-state index contributed by atoms with van der Waals surface area (Å²) in [6.07, 6.45) is 22.8. The molecule has 0 radical (unpaired) electrons. The molecule has 0 saturated carbocycles. The summed E-state index contributed by atoms with van der Waals surface area (Å²) in [6, 6.07) is 10.6. The lowest BCUT2D eigenvalue weighted by molar-refractivity contribution is -0.142. The van der Waals surface area contributed by atoms with Gasteiger partial charge in [0.1, 0.15) is 12.1 Å². The number of carboxylic acid groups (broad SMARTS) is 1. The van der Waals surface area contributed by atoms with E-state index in [1.807, 2.05) is 83.2 Å². The molecule has 97 heavy (non-hydrogen) atoms. The number of aromatic hydroxyl groups is 1. The topological polar surface area (TPSA) is 413 Å². The van der Waals surface area contributed by atoms with Crippen molar-refractivity contribution in [1.29, 1.82) is 0 Å². The van der Waals surface area contributed by atoms with Crippen molar-refractivity contribution < 1.29 is 63.1 Å². The molecule has 2 aliphatic rings. The van der Waals surface area contributed by atoms with Crippen molar-refractivity contribution in [2.75, 3.05) is 29.2 Å². The molecule has 27 heteroatoms. The van der Waals surface area contributed by atoms with Gasteiger partial charge in [-0.1, -0.05) is 73.6 Å². The van der Waals surface area contributed by atoms with Crippen LogP contribution >= 0.6 is 0 Å². The monoisotopic (exact) mass is 1340 g/mol. The van der Waals surface area contributed by atoms with E-state index in [4.69, 9.17) is 31.5 Å². The number of aliphatic hydroxyl groups excluding tert-OH is 1. The van der Waals surface area contributed by atoms with Crippen LogP contribution in [0.1, 0.15) is 146 Å². The van der Waals surface area contributed by atoms with Crippen LogP contribution in [0.3, 0.4) is 0 Å². The van der Waals surface area contributed by atoms with Crippen LogP contribution in [0.25, 0.3) is 11.2 Å². The van der Waals surface area contributed by atoms with E-state index in [1.165, 1.54) is 23.5 Å². The smallest absolute Gasteiger partial charge is 0.407 e. The molecule has 4 aromatic rings. The number of nitrogens with one attached hydrogen (secondary N) is 6. The van der Waals surface area contributed by atoms with Gasteiger partial charge in [-0.2, -0.15) is 9.97 Å². The lowest BCUT2D eigenvalue weighted by atomic mass is 9.87. The number of nitrogens with zero attached hydrogens (tertiary/aromatic N) is 5. The summed E-state index contributed by atoms with van der Waals surface area (Å²) >= 11 is 0. The number of carboxylic acids is 1. The fourth-order valence-corrected chi connectivity index (χ4v) is 10.7. The number of hydrazine groups is 1. The van der Waals surface area contributed by atoms with Crippen molar-refractivity contribution in [2.45, 2.75) is 174 Å². The minimum Gasteiger partial charge on any atom is -0.492 e. The number of ether oxygens (including phenoxy) is 3. The standard InChI is InChI=1S/C70H94N14O13/c1-8-13-58-47(7)57(85)38-59(97-58)55(17-11-14-42(2)36-44(4)37-43(3)19-29-54-16-12-18-62(88)96-54)81-70(94)95-35-33-50(71)41-84(73)53-27-23-48(24-28-53)65(89)74-34-10-9-15-45(5)77-60(86)32-30-56(68(92)93)80-61(87)31-20-46(6)78-66(90)49-21-25-51(26-22-49)75-39-52-40-76-64-63(79-52)67(91)83-69(72)82-64/h8,11-14,17-19,21-29,37,40-41,44-47,54-59,75,85H,9-10,15-16,20,30-36,38-39,71,73H2,1-7H3,(H,74,89)(H,77,86)(H,78,90)(H,80,87)(H,81,94)(H,92,93)(H3,72,76,82,83,91)/b13-8+,17-11+,29-19+,42-14+,43-37-,50-41-/t44-,45-,46-,47+,54?,55-,56?,57-,58?,59?/m1/s1. The van der Waals surface area contributed by atoms with E-state index in [2.05, 4.69) is 64.8 Å². The lowest BCUT2D eigenvalue weighted by Gasteiger charge is -2.39. The number of esters is 1. The van der Waals surface area contributed by atoms with Gasteiger partial charge in [-0.25, -0.2) is 30.2 Å². The van der Waals surface area contributed by atoms with Crippen LogP contribution in [0, 0.1) is 11.8 Å². The highest BCUT2D eigenvalue weighted by Crippen LogP contribution is 2.29. The van der Waals surface area contributed by atoms with Crippen LogP contribution < -0.4 is 54.2 Å². The molecule has 2 aliphatic heterocycles. The summed E-state index contributed by atoms with van der Waals surface area (Å²) in [5.41, 5.74) is 17.1. The molecule has 5 amide bonds. The number of nitrogens with two attached hydrogens (primary N) is 3. The molecule has 27 nitrogen and oxygen atoms in total. The molecule has 4 unspecified atom stereocenters. The maximum Gasteiger partial charge on any atom is 0.407 e. The molecule has 522 valence electrons. The van der Waals surface area contributed by atoms with Crippen molar-refractivity contribution in [2.24, 2.45) is 23.4 Å². The SMILES string of the molecule is C/C=C/C1OC([C@@H](/C=C/C=C(\C)C[C@@H](C)/C=C(C)\C=C\C2CC=CC(=O)O2)NC(=O)OCC/C(N)=C/N(N)c2ccc(C(=O)NCCCC[C@@H](C)NC(=O)CCC(NC(=O)CC[C@@H](C)NC(=O)c3ccc(NCc4cnc5nc(N)nc(O)c5n4)cc3)C(=O)O)cc2)C[C@@H](O)[C@@H]1C. The van der Waals surface area contributed by atoms with Gasteiger partial charge in [-0.3, -0.25) is 24.2 Å². The van der Waals surface area contributed by atoms with Gasteiger partial charge in [-0.15, -0.1) is 0 Å². The number of hydrogen-bond acceptors (Lipinski definition) is 21. The van der Waals surface area contributed by atoms with Gasteiger partial charge in [0, 0.05) is 91.4 Å². The Labute approximate surface area is 565 Å². The van der Waals surface area contributed by atoms with E-state index in [0.717, 1.165) is 17.6 Å². The van der Waals surface area contributed by atoms with Crippen LogP contribution in [0.5, 0.6) is 5.88 Å². The number of nitrogen functional groups attached to an aromatic ring is 1. The van der Waals surface area contributed by atoms with Gasteiger partial charge >= 0.3 is 18.0 Å². The predicted octanol–water partition coefficient (Wildman–Crippen LogP) is 7.27. The number of fused-ring (bicyclic) bond motifs is 1. The molecule has 10 atom stereocenters. The Morgan fingerprint density at radius 3 is 2.29 bits per heavy atom. The number of aliphatic hydroxyl groups is 1. The van der Waals surface area contributed by atoms with E-state index in [-0.39, 0.29) is 122 Å². The Morgan fingerprint density at radius 1 is 0.866 bits per heavy atom. The first-order valence-corrected chi connectivity index (χ1v) is 32.6. The summed E-state index contributed by atoms with van der Waals surface area (Å²) in [4.78, 5) is 105. The average molecular weight is 1340 g/mol. The van der Waals surface area contributed by atoms with Crippen molar-refractivity contribution in [1.82, 2.24) is 46.5 Å². The molecule has 0 aliphatic carbocycles. The van der Waals surface area contributed by atoms with Crippen molar-refractivity contribution in [3.8, 4) is 5.88 Å². The fourth-order valence-electron chi connectivity index (χ4n) is 10.7. The van der Waals surface area contributed by atoms with Crippen LogP contribution in [-0.2, 0) is 39.9 Å². The largest absolute Gasteiger partial charge is 0.492 e. The third-order valence-corrected chi connectivity index (χ3v) is 16.0. The summed E-state index contributed by atoms with van der Waals surface area (Å²) in [7, 11) is 0. The Balaban J connectivity index is 0.841. The number of aromatic nitrogens is 4. The summed E-state index contributed by atoms with van der Waals surface area (Å²) < 4.78 is 17.3. The zero-order valence-corrected chi connectivity index (χ0v) is 56.1. The van der Waals surface area contributed by atoms with Gasteiger partial charge in [0.2, 0.25) is 23.6 Å². The minimum absolute atomic E-state index is 0.0670. The average Bonchev–Trinajstić information content (AvgIpc) is 0.830. The number of anilines is 3. The number of amides is 5. The maximum absolute atomic E-state index is 13.3. The lowest BCUT2D eigenvalue weighted by Crippen LogP contribution is -2.51. The van der Waals surface area contributed by atoms with Crippen LogP contribution in [-0.4, -0.2) is 139 Å². The van der Waals surface area contributed by atoms with E-state index < -0.39 is 48.3 Å². The molecule has 0 spiro atoms. The van der Waals surface area contributed by atoms with E-state index >= 15 is 0 Å². The Morgan fingerprint density at radius 2 is 1.57 bits per heavy atom. The summed E-state index contributed by atoms with van der Waals surface area (Å²) in [6.45, 7) is 14.1. The van der Waals surface area contributed by atoms with Gasteiger partial charge in [-0.05, 0) is 134 Å². The first-order valence-electron chi connectivity index (χ1n) is 32.6. The molecule has 1 saturated heterocycles. The number of allylic oxidation sites excluding steroid dienone is 7.